The van der Waals surface area contributed by atoms with Gasteiger partial charge in [0.05, 0.1) is 19.6 Å². The molecule has 0 saturated heterocycles. The second-order valence-corrected chi connectivity index (χ2v) is 5.52. The van der Waals surface area contributed by atoms with E-state index in [9.17, 15) is 4.79 Å². The zero-order valence-electron chi connectivity index (χ0n) is 10.9. The van der Waals surface area contributed by atoms with Crippen LogP contribution in [0.15, 0.2) is 16.6 Å². The number of hydrogen-bond acceptors (Lipinski definition) is 3. The zero-order chi connectivity index (χ0) is 13.9. The molecule has 5 heteroatoms. The molecule has 18 heavy (non-hydrogen) atoms. The van der Waals surface area contributed by atoms with Crippen LogP contribution in [0.3, 0.4) is 0 Å². The Morgan fingerprint density at radius 3 is 2.22 bits per heavy atom. The van der Waals surface area contributed by atoms with Gasteiger partial charge in [-0.1, -0.05) is 15.9 Å². The third kappa shape index (κ3) is 3.16. The molecular formula is C13H17BrO4. The summed E-state index contributed by atoms with van der Waals surface area (Å²) in [5, 5.41) is 9.15. The van der Waals surface area contributed by atoms with Crippen LogP contribution >= 0.6 is 15.9 Å². The molecule has 0 fully saturated rings. The van der Waals surface area contributed by atoms with Crippen molar-refractivity contribution in [2.24, 2.45) is 5.41 Å². The lowest BCUT2D eigenvalue weighted by atomic mass is 9.86. The van der Waals surface area contributed by atoms with Crippen molar-refractivity contribution in [2.75, 3.05) is 14.2 Å². The van der Waals surface area contributed by atoms with Gasteiger partial charge in [0.2, 0.25) is 0 Å². The van der Waals surface area contributed by atoms with Crippen molar-refractivity contribution in [3.8, 4) is 11.5 Å². The molecular weight excluding hydrogens is 300 g/mol. The van der Waals surface area contributed by atoms with Crippen LogP contribution in [-0.2, 0) is 11.2 Å². The van der Waals surface area contributed by atoms with Crippen molar-refractivity contribution in [1.82, 2.24) is 0 Å². The topological polar surface area (TPSA) is 55.8 Å². The Labute approximate surface area is 115 Å². The largest absolute Gasteiger partial charge is 0.493 e. The van der Waals surface area contributed by atoms with Gasteiger partial charge in [-0.3, -0.25) is 4.79 Å². The molecule has 100 valence electrons. The Morgan fingerprint density at radius 2 is 1.78 bits per heavy atom. The van der Waals surface area contributed by atoms with Gasteiger partial charge in [-0.05, 0) is 38.0 Å². The Balaban J connectivity index is 3.14. The number of rotatable bonds is 5. The van der Waals surface area contributed by atoms with Crippen LogP contribution in [0.4, 0.5) is 0 Å². The van der Waals surface area contributed by atoms with Crippen LogP contribution < -0.4 is 9.47 Å². The molecule has 0 aliphatic heterocycles. The fourth-order valence-corrected chi connectivity index (χ4v) is 2.05. The Bertz CT molecular complexity index is 455. The van der Waals surface area contributed by atoms with E-state index in [4.69, 9.17) is 14.6 Å². The smallest absolute Gasteiger partial charge is 0.309 e. The van der Waals surface area contributed by atoms with Crippen LogP contribution in [0, 0.1) is 5.41 Å². The summed E-state index contributed by atoms with van der Waals surface area (Å²) in [6.45, 7) is 3.39. The van der Waals surface area contributed by atoms with Crippen LogP contribution in [-0.4, -0.2) is 25.3 Å². The number of carboxylic acid groups (broad SMARTS) is 1. The monoisotopic (exact) mass is 316 g/mol. The predicted molar refractivity (Wildman–Crippen MR) is 72.4 cm³/mol. The lowest BCUT2D eigenvalue weighted by molar-refractivity contribution is -0.146. The molecule has 0 aliphatic rings. The van der Waals surface area contributed by atoms with Gasteiger partial charge in [0.1, 0.15) is 0 Å². The molecule has 0 saturated carbocycles. The molecule has 1 aromatic carbocycles. The van der Waals surface area contributed by atoms with E-state index in [1.54, 1.807) is 40.2 Å². The van der Waals surface area contributed by atoms with Crippen LogP contribution in [0.25, 0.3) is 0 Å². The molecule has 0 aromatic heterocycles. The summed E-state index contributed by atoms with van der Waals surface area (Å²) < 4.78 is 11.2. The molecule has 1 aromatic rings. The van der Waals surface area contributed by atoms with Crippen LogP contribution in [0.2, 0.25) is 0 Å². The molecule has 0 radical (unpaired) electrons. The fourth-order valence-electron chi connectivity index (χ4n) is 1.58. The quantitative estimate of drug-likeness (QED) is 0.906. The van der Waals surface area contributed by atoms with E-state index >= 15 is 0 Å². The maximum Gasteiger partial charge on any atom is 0.309 e. The third-order valence-corrected chi connectivity index (χ3v) is 3.50. The van der Waals surface area contributed by atoms with E-state index in [1.807, 2.05) is 0 Å². The Kier molecular flexibility index (Phi) is 4.62. The van der Waals surface area contributed by atoms with Gasteiger partial charge in [0, 0.05) is 4.47 Å². The first-order valence-electron chi connectivity index (χ1n) is 5.45. The number of aliphatic carboxylic acids is 1. The first kappa shape index (κ1) is 14.8. The number of hydrogen-bond donors (Lipinski definition) is 1. The lowest BCUT2D eigenvalue weighted by Crippen LogP contribution is -2.26. The van der Waals surface area contributed by atoms with Gasteiger partial charge < -0.3 is 14.6 Å². The fraction of sp³-hybridized carbons (Fsp3) is 0.462. The van der Waals surface area contributed by atoms with Gasteiger partial charge in [-0.15, -0.1) is 0 Å². The summed E-state index contributed by atoms with van der Waals surface area (Å²) in [5.41, 5.74) is 0.0438. The van der Waals surface area contributed by atoms with E-state index in [2.05, 4.69) is 15.9 Å². The first-order valence-corrected chi connectivity index (χ1v) is 6.25. The second kappa shape index (κ2) is 5.61. The van der Waals surface area contributed by atoms with Gasteiger partial charge in [0.25, 0.3) is 0 Å². The summed E-state index contributed by atoms with van der Waals surface area (Å²) in [6.07, 6.45) is 0.406. The molecule has 0 aliphatic carbocycles. The minimum Gasteiger partial charge on any atom is -0.493 e. The molecule has 4 nitrogen and oxygen atoms in total. The van der Waals surface area contributed by atoms with E-state index in [0.29, 0.717) is 17.9 Å². The summed E-state index contributed by atoms with van der Waals surface area (Å²) in [7, 11) is 3.11. The molecule has 0 amide bonds. The third-order valence-electron chi connectivity index (χ3n) is 2.76. The maximum absolute atomic E-state index is 11.1. The number of halogens is 1. The number of ether oxygens (including phenoxy) is 2. The molecule has 1 N–H and O–H groups in total. The summed E-state index contributed by atoms with van der Waals surface area (Å²) in [6, 6.07) is 3.58. The van der Waals surface area contributed by atoms with Crippen LogP contribution in [0.5, 0.6) is 11.5 Å². The molecule has 1 rings (SSSR count). The molecule has 0 bridgehead atoms. The minimum atomic E-state index is -0.831. The van der Waals surface area contributed by atoms with Crippen LogP contribution in [0.1, 0.15) is 19.4 Å². The highest BCUT2D eigenvalue weighted by molar-refractivity contribution is 9.10. The van der Waals surface area contributed by atoms with E-state index in [1.165, 1.54) is 0 Å². The standard InChI is InChI=1S/C13H17BrO4/c1-13(2,12(15)16)7-8-5-10(17-3)11(18-4)6-9(8)14/h5-6H,7H2,1-4H3,(H,15,16). The van der Waals surface area contributed by atoms with E-state index in [-0.39, 0.29) is 0 Å². The average Bonchev–Trinajstić information content (AvgIpc) is 2.30. The highest BCUT2D eigenvalue weighted by Gasteiger charge is 2.28. The van der Waals surface area contributed by atoms with Gasteiger partial charge in [0.15, 0.2) is 11.5 Å². The normalized spacial score (nSPS) is 11.2. The Morgan fingerprint density at radius 1 is 1.28 bits per heavy atom. The van der Waals surface area contributed by atoms with Crippen molar-refractivity contribution in [1.29, 1.82) is 0 Å². The SMILES string of the molecule is COc1cc(Br)c(CC(C)(C)C(=O)O)cc1OC. The lowest BCUT2D eigenvalue weighted by Gasteiger charge is -2.21. The van der Waals surface area contributed by atoms with Gasteiger partial charge in [-0.25, -0.2) is 0 Å². The summed E-state index contributed by atoms with van der Waals surface area (Å²) >= 11 is 3.42. The van der Waals surface area contributed by atoms with Gasteiger partial charge >= 0.3 is 5.97 Å². The van der Waals surface area contributed by atoms with Crippen molar-refractivity contribution in [2.45, 2.75) is 20.3 Å². The average molecular weight is 317 g/mol. The minimum absolute atomic E-state index is 0.406. The number of methoxy groups -OCH3 is 2. The van der Waals surface area contributed by atoms with Gasteiger partial charge in [-0.2, -0.15) is 0 Å². The first-order chi connectivity index (χ1) is 8.31. The summed E-state index contributed by atoms with van der Waals surface area (Å²) in [4.78, 5) is 11.1. The van der Waals surface area contributed by atoms with Crippen molar-refractivity contribution in [3.63, 3.8) is 0 Å². The molecule has 0 atom stereocenters. The number of benzene rings is 1. The number of carbonyl (C=O) groups is 1. The molecule has 0 heterocycles. The summed E-state index contributed by atoms with van der Waals surface area (Å²) in [5.74, 6) is 0.377. The zero-order valence-corrected chi connectivity index (χ0v) is 12.5. The van der Waals surface area contributed by atoms with Crippen molar-refractivity contribution >= 4 is 21.9 Å². The Hall–Kier alpha value is -1.23. The molecule has 0 spiro atoms. The van der Waals surface area contributed by atoms with Crippen molar-refractivity contribution in [3.05, 3.63) is 22.2 Å². The second-order valence-electron chi connectivity index (χ2n) is 4.66. The molecule has 0 unspecified atom stereocenters. The van der Waals surface area contributed by atoms with E-state index < -0.39 is 11.4 Å². The highest BCUT2D eigenvalue weighted by Crippen LogP contribution is 2.36. The maximum atomic E-state index is 11.1. The van der Waals surface area contributed by atoms with Crippen molar-refractivity contribution < 1.29 is 19.4 Å². The predicted octanol–water partition coefficient (Wildman–Crippen LogP) is 3.12. The number of carboxylic acids is 1. The highest BCUT2D eigenvalue weighted by atomic mass is 79.9. The van der Waals surface area contributed by atoms with E-state index in [0.717, 1.165) is 10.0 Å².